The van der Waals surface area contributed by atoms with Crippen LogP contribution in [-0.2, 0) is 0 Å². The number of pyridine rings is 1. The Labute approximate surface area is 219 Å². The first-order valence-corrected chi connectivity index (χ1v) is 12.6. The molecule has 1 fully saturated rings. The highest BCUT2D eigenvalue weighted by Gasteiger charge is 2.25. The van der Waals surface area contributed by atoms with E-state index in [1.807, 2.05) is 12.1 Å². The Hall–Kier alpha value is -3.49. The van der Waals surface area contributed by atoms with Gasteiger partial charge in [0.25, 0.3) is 11.5 Å². The summed E-state index contributed by atoms with van der Waals surface area (Å²) in [4.78, 5) is 27.2. The number of carbonyl (C=O) groups is 1. The van der Waals surface area contributed by atoms with Gasteiger partial charge in [-0.05, 0) is 68.0 Å². The fraction of sp³-hybridized carbons (Fsp3) is 0.321. The number of aryl methyl sites for hydroxylation is 1. The first kappa shape index (κ1) is 26.6. The molecule has 0 spiro atoms. The highest BCUT2D eigenvalue weighted by molar-refractivity contribution is 6.31. The molecule has 1 atom stereocenters. The summed E-state index contributed by atoms with van der Waals surface area (Å²) in [5.74, 6) is -1.68. The summed E-state index contributed by atoms with van der Waals surface area (Å²) in [6.45, 7) is 1.65. The second-order valence-corrected chi connectivity index (χ2v) is 9.85. The average molecular weight is 526 g/mol. The first-order chi connectivity index (χ1) is 17.8. The summed E-state index contributed by atoms with van der Waals surface area (Å²) in [5.41, 5.74) is 2.19. The number of aliphatic hydroxyl groups excluding tert-OH is 1. The number of aromatic amines is 1. The monoisotopic (exact) mass is 525 g/mol. The average Bonchev–Trinajstić information content (AvgIpc) is 2.88. The van der Waals surface area contributed by atoms with Gasteiger partial charge in [-0.2, -0.15) is 0 Å². The molecule has 3 aromatic rings. The lowest BCUT2D eigenvalue weighted by Gasteiger charge is -2.26. The number of halogens is 2. The zero-order valence-corrected chi connectivity index (χ0v) is 21.1. The zero-order chi connectivity index (χ0) is 26.5. The topological polar surface area (TPSA) is 115 Å². The number of hydrogen-bond acceptors (Lipinski definition) is 5. The van der Waals surface area contributed by atoms with E-state index >= 15 is 4.39 Å². The fourth-order valence-electron chi connectivity index (χ4n) is 4.75. The second-order valence-electron chi connectivity index (χ2n) is 9.44. The van der Waals surface area contributed by atoms with Crippen molar-refractivity contribution in [1.82, 2.24) is 10.3 Å². The Morgan fingerprint density at radius 1 is 1.19 bits per heavy atom. The van der Waals surface area contributed by atoms with Crippen LogP contribution in [0.5, 0.6) is 0 Å². The third kappa shape index (κ3) is 6.26. The highest BCUT2D eigenvalue weighted by Crippen LogP contribution is 2.35. The first-order valence-electron chi connectivity index (χ1n) is 12.2. The molecule has 1 saturated carbocycles. The molecule has 0 radical (unpaired) electrons. The molecule has 9 heteroatoms. The predicted molar refractivity (Wildman–Crippen MR) is 140 cm³/mol. The van der Waals surface area contributed by atoms with Crippen LogP contribution in [0.25, 0.3) is 0 Å². The van der Waals surface area contributed by atoms with E-state index in [0.717, 1.165) is 0 Å². The standard InChI is InChI=1S/C28H29ClFN3O4/c1-16-12-18(15-31-27(16)35)26(33-37)14-23(21-4-2-3-5-24(21)29)17-6-11-22(25(30)13-17)28(36)32-19-7-9-20(34)10-8-19/h2-6,11-13,15,19-20,23,34,37H,7-10,14H2,1H3,(H,31,35)(H,32,36)/b33-26+/t19-,20-,23?. The van der Waals surface area contributed by atoms with Gasteiger partial charge in [0, 0.05) is 40.7 Å². The third-order valence-corrected chi connectivity index (χ3v) is 7.24. The summed E-state index contributed by atoms with van der Waals surface area (Å²) in [5, 5.41) is 26.3. The van der Waals surface area contributed by atoms with E-state index < -0.39 is 17.6 Å². The number of oxime groups is 1. The summed E-state index contributed by atoms with van der Waals surface area (Å²) in [6, 6.07) is 13.1. The SMILES string of the molecule is Cc1cc(/C(CC(c2ccc(C(=O)N[C@H]3CC[C@H](O)CC3)c(F)c2)c2ccccc2Cl)=N/O)c[nH]c1=O. The van der Waals surface area contributed by atoms with Gasteiger partial charge >= 0.3 is 0 Å². The normalized spacial score (nSPS) is 18.9. The summed E-state index contributed by atoms with van der Waals surface area (Å²) < 4.78 is 15.3. The summed E-state index contributed by atoms with van der Waals surface area (Å²) in [6.07, 6.45) is 3.78. The Morgan fingerprint density at radius 2 is 1.92 bits per heavy atom. The maximum Gasteiger partial charge on any atom is 0.254 e. The molecule has 7 nitrogen and oxygen atoms in total. The number of rotatable bonds is 7. The third-order valence-electron chi connectivity index (χ3n) is 6.89. The van der Waals surface area contributed by atoms with Gasteiger partial charge in [0.15, 0.2) is 0 Å². The van der Waals surface area contributed by atoms with Crippen LogP contribution in [0, 0.1) is 12.7 Å². The van der Waals surface area contributed by atoms with E-state index in [1.54, 1.807) is 31.2 Å². The molecule has 1 aliphatic carbocycles. The number of nitrogens with zero attached hydrogens (tertiary/aromatic N) is 1. The van der Waals surface area contributed by atoms with Crippen LogP contribution in [0.3, 0.4) is 0 Å². The minimum atomic E-state index is -0.676. The van der Waals surface area contributed by atoms with Crippen molar-refractivity contribution in [2.75, 3.05) is 0 Å². The van der Waals surface area contributed by atoms with Crippen molar-refractivity contribution >= 4 is 23.2 Å². The molecule has 0 aliphatic heterocycles. The number of nitrogens with one attached hydrogen (secondary N) is 2. The van der Waals surface area contributed by atoms with Crippen molar-refractivity contribution in [3.63, 3.8) is 0 Å². The van der Waals surface area contributed by atoms with E-state index in [-0.39, 0.29) is 35.4 Å². The molecule has 2 aromatic carbocycles. The summed E-state index contributed by atoms with van der Waals surface area (Å²) in [7, 11) is 0. The van der Waals surface area contributed by atoms with E-state index in [1.165, 1.54) is 18.3 Å². The van der Waals surface area contributed by atoms with Crippen molar-refractivity contribution in [3.05, 3.63) is 104 Å². The molecule has 0 bridgehead atoms. The molecule has 4 rings (SSSR count). The van der Waals surface area contributed by atoms with E-state index in [9.17, 15) is 19.9 Å². The molecule has 194 valence electrons. The van der Waals surface area contributed by atoms with Gasteiger partial charge < -0.3 is 20.6 Å². The van der Waals surface area contributed by atoms with Crippen LogP contribution in [0.4, 0.5) is 4.39 Å². The Morgan fingerprint density at radius 3 is 2.57 bits per heavy atom. The lowest BCUT2D eigenvalue weighted by molar-refractivity contribution is 0.0864. The molecule has 0 saturated heterocycles. The van der Waals surface area contributed by atoms with Crippen LogP contribution >= 0.6 is 11.6 Å². The summed E-state index contributed by atoms with van der Waals surface area (Å²) >= 11 is 6.50. The zero-order valence-electron chi connectivity index (χ0n) is 20.4. The molecule has 1 aliphatic rings. The van der Waals surface area contributed by atoms with E-state index in [4.69, 9.17) is 11.6 Å². The van der Waals surface area contributed by atoms with Crippen molar-refractivity contribution in [2.45, 2.75) is 57.1 Å². The lowest BCUT2D eigenvalue weighted by Crippen LogP contribution is -2.38. The largest absolute Gasteiger partial charge is 0.411 e. The highest BCUT2D eigenvalue weighted by atomic mass is 35.5. The van der Waals surface area contributed by atoms with E-state index in [2.05, 4.69) is 15.5 Å². The van der Waals surface area contributed by atoms with Crippen LogP contribution in [0.1, 0.15) is 70.6 Å². The minimum absolute atomic E-state index is 0.0694. The molecule has 1 heterocycles. The van der Waals surface area contributed by atoms with E-state index in [0.29, 0.717) is 53.0 Å². The molecule has 37 heavy (non-hydrogen) atoms. The number of hydrogen-bond donors (Lipinski definition) is 4. The maximum atomic E-state index is 15.3. The number of carbonyl (C=O) groups excluding carboxylic acids is 1. The molecule has 1 amide bonds. The second kappa shape index (κ2) is 11.7. The minimum Gasteiger partial charge on any atom is -0.411 e. The lowest BCUT2D eigenvalue weighted by atomic mass is 9.85. The quantitative estimate of drug-likeness (QED) is 0.199. The van der Waals surface area contributed by atoms with Crippen LogP contribution in [0.15, 0.2) is 64.7 Å². The molecular formula is C28H29ClFN3O4. The number of aliphatic hydroxyl groups is 1. The van der Waals surface area contributed by atoms with Crippen molar-refractivity contribution in [3.8, 4) is 0 Å². The predicted octanol–water partition coefficient (Wildman–Crippen LogP) is 4.91. The number of H-pyrrole nitrogens is 1. The van der Waals surface area contributed by atoms with Crippen molar-refractivity contribution in [1.29, 1.82) is 0 Å². The number of aromatic nitrogens is 1. The van der Waals surface area contributed by atoms with Gasteiger partial charge in [-0.25, -0.2) is 4.39 Å². The maximum absolute atomic E-state index is 15.3. The smallest absolute Gasteiger partial charge is 0.254 e. The van der Waals surface area contributed by atoms with Crippen LogP contribution in [-0.4, -0.2) is 39.1 Å². The molecular weight excluding hydrogens is 497 g/mol. The Balaban J connectivity index is 1.64. The van der Waals surface area contributed by atoms with Gasteiger partial charge in [-0.1, -0.05) is 41.0 Å². The Kier molecular flexibility index (Phi) is 8.41. The molecule has 4 N–H and O–H groups in total. The van der Waals surface area contributed by atoms with Crippen molar-refractivity contribution < 1.29 is 19.5 Å². The fourth-order valence-corrected chi connectivity index (χ4v) is 5.02. The molecule has 1 unspecified atom stereocenters. The van der Waals surface area contributed by atoms with Gasteiger partial charge in [-0.3, -0.25) is 9.59 Å². The Bertz CT molecular complexity index is 1370. The van der Waals surface area contributed by atoms with Gasteiger partial charge in [0.2, 0.25) is 0 Å². The van der Waals surface area contributed by atoms with Crippen molar-refractivity contribution in [2.24, 2.45) is 5.16 Å². The van der Waals surface area contributed by atoms with Gasteiger partial charge in [0.1, 0.15) is 5.82 Å². The molecule has 1 aromatic heterocycles. The number of benzene rings is 2. The van der Waals surface area contributed by atoms with Crippen LogP contribution < -0.4 is 10.9 Å². The number of amides is 1. The van der Waals surface area contributed by atoms with Gasteiger partial charge in [0.05, 0.1) is 17.4 Å². The van der Waals surface area contributed by atoms with Gasteiger partial charge in [-0.15, -0.1) is 0 Å². The van der Waals surface area contributed by atoms with Crippen LogP contribution in [0.2, 0.25) is 5.02 Å².